The lowest BCUT2D eigenvalue weighted by Crippen LogP contribution is -2.34. The highest BCUT2D eigenvalue weighted by atomic mass is 19.4. The fourth-order valence-corrected chi connectivity index (χ4v) is 3.64. The molecule has 0 fully saturated rings. The van der Waals surface area contributed by atoms with Crippen LogP contribution in [0, 0.1) is 24.1 Å². The number of ether oxygens (including phenoxy) is 2. The van der Waals surface area contributed by atoms with Crippen molar-refractivity contribution in [2.24, 2.45) is 0 Å². The van der Waals surface area contributed by atoms with E-state index < -0.39 is 31.3 Å². The maximum atomic E-state index is 14.3. The van der Waals surface area contributed by atoms with E-state index >= 15 is 0 Å². The van der Waals surface area contributed by atoms with Crippen LogP contribution in [-0.4, -0.2) is 52.6 Å². The summed E-state index contributed by atoms with van der Waals surface area (Å²) in [4.78, 5) is 12.1. The Morgan fingerprint density at radius 1 is 1.17 bits per heavy atom. The fraction of sp³-hybridized carbons (Fsp3) is 0.261. The number of aliphatic hydroxyl groups is 1. The monoisotopic (exact) mass is 489 g/mol. The number of aromatic amines is 1. The predicted octanol–water partition coefficient (Wildman–Crippen LogP) is 4.47. The van der Waals surface area contributed by atoms with Gasteiger partial charge in [-0.25, -0.2) is 14.4 Å². The van der Waals surface area contributed by atoms with Crippen molar-refractivity contribution in [3.05, 3.63) is 42.0 Å². The number of nitrogens with one attached hydrogen (secondary N) is 2. The number of nitrogens with zero attached hydrogens (tertiary/aromatic N) is 3. The molecule has 0 aliphatic rings. The lowest BCUT2D eigenvalue weighted by atomic mass is 10.0. The highest BCUT2D eigenvalue weighted by Gasteiger charge is 2.39. The van der Waals surface area contributed by atoms with Gasteiger partial charge in [0.1, 0.15) is 30.0 Å². The normalized spacial score (nSPS) is 12.5. The van der Waals surface area contributed by atoms with Crippen molar-refractivity contribution in [2.45, 2.75) is 19.2 Å². The molecule has 35 heavy (non-hydrogen) atoms. The van der Waals surface area contributed by atoms with Gasteiger partial charge in [0.15, 0.2) is 24.2 Å². The molecule has 0 aliphatic heterocycles. The highest BCUT2D eigenvalue weighted by Crippen LogP contribution is 2.39. The van der Waals surface area contributed by atoms with Crippen molar-refractivity contribution >= 4 is 27.6 Å². The molecule has 0 bridgehead atoms. The predicted molar refractivity (Wildman–Crippen MR) is 120 cm³/mol. The maximum Gasteiger partial charge on any atom is 0.417 e. The lowest BCUT2D eigenvalue weighted by Gasteiger charge is -2.17. The van der Waals surface area contributed by atoms with Crippen LogP contribution in [0.2, 0.25) is 0 Å². The molecule has 0 spiro atoms. The molecule has 0 saturated heterocycles. The van der Waals surface area contributed by atoms with Gasteiger partial charge in [0.05, 0.1) is 22.3 Å². The Hall–Kier alpha value is -4.11. The topological polar surface area (TPSA) is 116 Å². The number of aryl methyl sites for hydroxylation is 1. The van der Waals surface area contributed by atoms with E-state index in [0.717, 1.165) is 0 Å². The molecular formula is C23H19F4N5O3. The SMILES string of the molecule is CNc1cc(F)cc2c1[nH]c1nc(C)nc(-c3ccc(OCC(O)C(F)(F)F)c(OCC#N)c3)c12. The molecule has 1 atom stereocenters. The molecule has 4 aromatic rings. The summed E-state index contributed by atoms with van der Waals surface area (Å²) in [6.07, 6.45) is -7.55. The molecular weight excluding hydrogens is 470 g/mol. The van der Waals surface area contributed by atoms with E-state index in [1.165, 1.54) is 30.3 Å². The van der Waals surface area contributed by atoms with Crippen LogP contribution in [0.5, 0.6) is 11.5 Å². The molecule has 182 valence electrons. The highest BCUT2D eigenvalue weighted by molar-refractivity contribution is 6.15. The lowest BCUT2D eigenvalue weighted by molar-refractivity contribution is -0.210. The van der Waals surface area contributed by atoms with Gasteiger partial charge in [0.25, 0.3) is 0 Å². The first-order valence-electron chi connectivity index (χ1n) is 10.3. The summed E-state index contributed by atoms with van der Waals surface area (Å²) in [5.41, 5.74) is 2.47. The number of rotatable bonds is 7. The quantitative estimate of drug-likeness (QED) is 0.328. The molecule has 0 saturated carbocycles. The number of nitriles is 1. The van der Waals surface area contributed by atoms with Crippen molar-refractivity contribution in [2.75, 3.05) is 25.6 Å². The molecule has 8 nitrogen and oxygen atoms in total. The molecule has 2 heterocycles. The van der Waals surface area contributed by atoms with Gasteiger partial charge >= 0.3 is 6.18 Å². The van der Waals surface area contributed by atoms with Gasteiger partial charge < -0.3 is 24.9 Å². The molecule has 0 amide bonds. The van der Waals surface area contributed by atoms with E-state index in [4.69, 9.17) is 14.7 Å². The average Bonchev–Trinajstić information content (AvgIpc) is 3.17. The number of aromatic nitrogens is 3. The average molecular weight is 489 g/mol. The van der Waals surface area contributed by atoms with Crippen LogP contribution < -0.4 is 14.8 Å². The molecule has 4 rings (SSSR count). The summed E-state index contributed by atoms with van der Waals surface area (Å²) in [7, 11) is 1.66. The minimum absolute atomic E-state index is 0.0234. The number of H-pyrrole nitrogens is 1. The smallest absolute Gasteiger partial charge is 0.417 e. The molecule has 2 aromatic carbocycles. The van der Waals surface area contributed by atoms with Crippen LogP contribution in [-0.2, 0) is 0 Å². The summed E-state index contributed by atoms with van der Waals surface area (Å²) in [5.74, 6) is -0.181. The second-order valence-electron chi connectivity index (χ2n) is 7.57. The summed E-state index contributed by atoms with van der Waals surface area (Å²) < 4.78 is 62.8. The zero-order chi connectivity index (χ0) is 25.3. The Kier molecular flexibility index (Phi) is 6.36. The summed E-state index contributed by atoms with van der Waals surface area (Å²) in [5, 5.41) is 22.1. The number of fused-ring (bicyclic) bond motifs is 3. The van der Waals surface area contributed by atoms with Gasteiger partial charge in [-0.15, -0.1) is 0 Å². The number of alkyl halides is 3. The minimum Gasteiger partial charge on any atom is -0.487 e. The Balaban J connectivity index is 1.85. The first-order valence-corrected chi connectivity index (χ1v) is 10.3. The Labute approximate surface area is 196 Å². The molecule has 2 aromatic heterocycles. The van der Waals surface area contributed by atoms with E-state index in [1.54, 1.807) is 20.0 Å². The zero-order valence-electron chi connectivity index (χ0n) is 18.5. The summed E-state index contributed by atoms with van der Waals surface area (Å²) >= 11 is 0. The van der Waals surface area contributed by atoms with Gasteiger partial charge in [0.2, 0.25) is 0 Å². The summed E-state index contributed by atoms with van der Waals surface area (Å²) in [6.45, 7) is 0.220. The minimum atomic E-state index is -4.85. The standard InChI is InChI=1S/C23H19F4N5O3/c1-11-30-20(19-14-8-13(24)9-15(29-2)21(14)32-22(19)31-11)12-3-4-16(17(7-12)34-6-5-28)35-10-18(33)23(25,26)27/h3-4,7-9,18,29,33H,6,10H2,1-2H3,(H,30,31,32). The fourth-order valence-electron chi connectivity index (χ4n) is 3.64. The van der Waals surface area contributed by atoms with Crippen molar-refractivity contribution in [3.8, 4) is 28.8 Å². The van der Waals surface area contributed by atoms with Gasteiger partial charge in [0, 0.05) is 18.0 Å². The van der Waals surface area contributed by atoms with E-state index in [9.17, 15) is 22.7 Å². The molecule has 0 aliphatic carbocycles. The van der Waals surface area contributed by atoms with Crippen molar-refractivity contribution in [1.29, 1.82) is 5.26 Å². The van der Waals surface area contributed by atoms with Crippen molar-refractivity contribution in [1.82, 2.24) is 15.0 Å². The van der Waals surface area contributed by atoms with E-state index in [-0.39, 0.29) is 11.5 Å². The third-order valence-corrected chi connectivity index (χ3v) is 5.19. The van der Waals surface area contributed by atoms with Crippen LogP contribution in [0.3, 0.4) is 0 Å². The number of hydrogen-bond acceptors (Lipinski definition) is 7. The van der Waals surface area contributed by atoms with Crippen LogP contribution in [0.4, 0.5) is 23.2 Å². The van der Waals surface area contributed by atoms with Gasteiger partial charge in [-0.05, 0) is 37.3 Å². The molecule has 3 N–H and O–H groups in total. The van der Waals surface area contributed by atoms with E-state index in [1.807, 2.05) is 0 Å². The van der Waals surface area contributed by atoms with Crippen LogP contribution in [0.25, 0.3) is 33.2 Å². The first-order chi connectivity index (χ1) is 16.6. The van der Waals surface area contributed by atoms with Gasteiger partial charge in [-0.3, -0.25) is 0 Å². The maximum absolute atomic E-state index is 14.3. The van der Waals surface area contributed by atoms with E-state index in [0.29, 0.717) is 44.7 Å². The number of halogens is 4. The third kappa shape index (κ3) is 4.76. The van der Waals surface area contributed by atoms with Crippen LogP contribution in [0.15, 0.2) is 30.3 Å². The Morgan fingerprint density at radius 2 is 1.94 bits per heavy atom. The van der Waals surface area contributed by atoms with Gasteiger partial charge in [-0.2, -0.15) is 18.4 Å². The molecule has 0 radical (unpaired) electrons. The van der Waals surface area contributed by atoms with Gasteiger partial charge in [-0.1, -0.05) is 0 Å². The third-order valence-electron chi connectivity index (χ3n) is 5.19. The molecule has 1 unspecified atom stereocenters. The number of hydrogen-bond donors (Lipinski definition) is 3. The van der Waals surface area contributed by atoms with Crippen molar-refractivity contribution < 1.29 is 32.1 Å². The second-order valence-corrected chi connectivity index (χ2v) is 7.57. The second kappa shape index (κ2) is 9.27. The number of aliphatic hydroxyl groups excluding tert-OH is 1. The Morgan fingerprint density at radius 3 is 2.63 bits per heavy atom. The number of benzene rings is 2. The van der Waals surface area contributed by atoms with Crippen molar-refractivity contribution in [3.63, 3.8) is 0 Å². The molecule has 12 heteroatoms. The largest absolute Gasteiger partial charge is 0.487 e. The van der Waals surface area contributed by atoms with E-state index in [2.05, 4.69) is 20.3 Å². The van der Waals surface area contributed by atoms with Crippen LogP contribution in [0.1, 0.15) is 5.82 Å². The zero-order valence-corrected chi connectivity index (χ0v) is 18.5. The number of anilines is 1. The Bertz CT molecular complexity index is 1450. The van der Waals surface area contributed by atoms with Crippen LogP contribution >= 0.6 is 0 Å². The summed E-state index contributed by atoms with van der Waals surface area (Å²) in [6, 6.07) is 8.80. The first kappa shape index (κ1) is 24.0.